The van der Waals surface area contributed by atoms with Crippen LogP contribution in [-0.4, -0.2) is 74.4 Å². The lowest BCUT2D eigenvalue weighted by molar-refractivity contribution is -0.150. The normalized spacial score (nSPS) is 24.4. The third kappa shape index (κ3) is 8.51. The van der Waals surface area contributed by atoms with Crippen LogP contribution in [-0.2, 0) is 42.6 Å². The molecule has 3 aromatic carbocycles. The summed E-state index contributed by atoms with van der Waals surface area (Å²) in [7, 11) is -3.61. The second-order valence-corrected chi connectivity index (χ2v) is 21.0. The molecule has 7 rings (SSSR count). The van der Waals surface area contributed by atoms with Crippen LogP contribution >= 0.6 is 0 Å². The molecule has 3 aromatic rings. The van der Waals surface area contributed by atoms with E-state index in [0.717, 1.165) is 68.2 Å². The summed E-state index contributed by atoms with van der Waals surface area (Å²) >= 11 is 0. The second-order valence-electron chi connectivity index (χ2n) is 17.2. The van der Waals surface area contributed by atoms with Crippen LogP contribution in [0.1, 0.15) is 94.2 Å². The van der Waals surface area contributed by atoms with E-state index >= 15 is 8.90 Å². The molecule has 0 saturated carbocycles. The highest BCUT2D eigenvalue weighted by molar-refractivity contribution is 6.72. The van der Waals surface area contributed by atoms with E-state index in [4.69, 9.17) is 4.74 Å². The van der Waals surface area contributed by atoms with Gasteiger partial charge in [-0.05, 0) is 80.2 Å². The number of nitrogens with zero attached hydrogens (tertiary/aromatic N) is 4. The first-order chi connectivity index (χ1) is 27.9. The van der Waals surface area contributed by atoms with Crippen LogP contribution in [0, 0.1) is 5.92 Å². The van der Waals surface area contributed by atoms with Gasteiger partial charge < -0.3 is 33.6 Å². The first-order valence-electron chi connectivity index (χ1n) is 21.4. The molecule has 3 saturated heterocycles. The highest BCUT2D eigenvalue weighted by Gasteiger charge is 2.67. The minimum absolute atomic E-state index is 0.0342. The summed E-state index contributed by atoms with van der Waals surface area (Å²) in [5, 5.41) is 9.95. The van der Waals surface area contributed by atoms with Crippen molar-refractivity contribution in [3.05, 3.63) is 89.5 Å². The van der Waals surface area contributed by atoms with E-state index in [9.17, 15) is 19.5 Å². The molecule has 0 aliphatic carbocycles. The smallest absolute Gasteiger partial charge is 0.264 e. The summed E-state index contributed by atoms with van der Waals surface area (Å²) < 4.78 is 23.8. The van der Waals surface area contributed by atoms with Crippen LogP contribution in [0.25, 0.3) is 0 Å². The standard InChI is InChI=1S/C46H59FN4O6Si/c1-33-44(58(2,3)47)40(30-43(55)48(26-27-52)31-34-16-9-8-10-17-34)57-46(33)38-29-37(50-25-14-7-5-12-21-42(50)54)22-23-39(38)51(45(46)56)32-35-18-15-19-36(28-35)49-24-13-6-4-11-20-41(49)53/h8-10,15-19,22-23,28-29,33,40,44,52H,4-7,11-14,20-21,24-27,30-32H2,1-3H3/t33-,40+,44-,46+/m0/s1. The van der Waals surface area contributed by atoms with Gasteiger partial charge >= 0.3 is 0 Å². The molecule has 0 unspecified atom stereocenters. The lowest BCUT2D eigenvalue weighted by Crippen LogP contribution is -2.45. The van der Waals surface area contributed by atoms with E-state index in [1.54, 1.807) is 22.9 Å². The topological polar surface area (TPSA) is 111 Å². The number of hydrogen-bond donors (Lipinski definition) is 1. The number of fused-ring (bicyclic) bond motifs is 2. The van der Waals surface area contributed by atoms with Gasteiger partial charge in [-0.3, -0.25) is 19.2 Å². The zero-order chi connectivity index (χ0) is 41.0. The Labute approximate surface area is 343 Å². The lowest BCUT2D eigenvalue weighted by atomic mass is 9.82. The van der Waals surface area contributed by atoms with Crippen LogP contribution in [0.5, 0.6) is 0 Å². The quantitative estimate of drug-likeness (QED) is 0.155. The van der Waals surface area contributed by atoms with Crippen molar-refractivity contribution < 1.29 is 33.1 Å². The number of amides is 4. The van der Waals surface area contributed by atoms with Crippen molar-refractivity contribution >= 4 is 49.1 Å². The Morgan fingerprint density at radius 1 is 0.828 bits per heavy atom. The molecule has 0 bridgehead atoms. The fourth-order valence-electron chi connectivity index (χ4n) is 9.95. The van der Waals surface area contributed by atoms with Crippen molar-refractivity contribution in [2.75, 3.05) is 40.9 Å². The van der Waals surface area contributed by atoms with Crippen LogP contribution in [0.4, 0.5) is 21.2 Å². The molecule has 4 aliphatic heterocycles. The van der Waals surface area contributed by atoms with E-state index in [1.165, 1.54) is 0 Å². The van der Waals surface area contributed by atoms with Crippen LogP contribution in [0.2, 0.25) is 18.6 Å². The van der Waals surface area contributed by atoms with E-state index in [2.05, 4.69) is 0 Å². The molecular formula is C46H59FN4O6Si. The number of ether oxygens (including phenoxy) is 1. The lowest BCUT2D eigenvalue weighted by Gasteiger charge is -2.32. The van der Waals surface area contributed by atoms with Gasteiger partial charge in [0, 0.05) is 67.4 Å². The summed E-state index contributed by atoms with van der Waals surface area (Å²) in [6, 6.07) is 23.0. The summed E-state index contributed by atoms with van der Waals surface area (Å²) in [6.45, 7) is 6.66. The van der Waals surface area contributed by atoms with Gasteiger partial charge in [0.2, 0.25) is 26.1 Å². The Morgan fingerprint density at radius 2 is 1.45 bits per heavy atom. The summed E-state index contributed by atoms with van der Waals surface area (Å²) in [5.74, 6) is -1.12. The molecule has 0 aromatic heterocycles. The van der Waals surface area contributed by atoms with Crippen LogP contribution < -0.4 is 14.7 Å². The Bertz CT molecular complexity index is 1970. The van der Waals surface area contributed by atoms with E-state index in [1.807, 2.05) is 89.5 Å². The Balaban J connectivity index is 1.27. The second kappa shape index (κ2) is 17.8. The number of halogens is 1. The maximum absolute atomic E-state index is 16.8. The number of rotatable bonds is 11. The third-order valence-corrected chi connectivity index (χ3v) is 15.2. The minimum Gasteiger partial charge on any atom is -0.395 e. The Morgan fingerprint density at radius 3 is 2.09 bits per heavy atom. The molecule has 3 fully saturated rings. The predicted octanol–water partition coefficient (Wildman–Crippen LogP) is 8.01. The van der Waals surface area contributed by atoms with E-state index < -0.39 is 31.6 Å². The molecule has 1 spiro atoms. The van der Waals surface area contributed by atoms with Gasteiger partial charge in [0.1, 0.15) is 0 Å². The zero-order valence-corrected chi connectivity index (χ0v) is 35.3. The first-order valence-corrected chi connectivity index (χ1v) is 24.3. The summed E-state index contributed by atoms with van der Waals surface area (Å²) in [5.41, 5.74) is 2.11. The SMILES string of the molecule is C[C@H]1[C@H]([Si](C)(C)F)[C@@H](CC(=O)N(CCO)Cc2ccccc2)O[C@]12C(=O)N(Cc1cccc(N3CCCCCCC3=O)c1)c1ccc(N3CCCCCCC3=O)cc12. The number of anilines is 3. The molecule has 4 heterocycles. The molecule has 1 N–H and O–H groups in total. The predicted molar refractivity (Wildman–Crippen MR) is 227 cm³/mol. The number of carbonyl (C=O) groups excluding carboxylic acids is 4. The largest absolute Gasteiger partial charge is 0.395 e. The number of aliphatic hydroxyl groups is 1. The zero-order valence-electron chi connectivity index (χ0n) is 34.3. The number of carbonyl (C=O) groups is 4. The molecule has 0 radical (unpaired) electrons. The number of aliphatic hydroxyl groups excluding tert-OH is 1. The van der Waals surface area contributed by atoms with Crippen molar-refractivity contribution in [3.63, 3.8) is 0 Å². The highest BCUT2D eigenvalue weighted by atomic mass is 28.4. The van der Waals surface area contributed by atoms with Gasteiger partial charge in [-0.2, -0.15) is 0 Å². The van der Waals surface area contributed by atoms with Gasteiger partial charge in [-0.15, -0.1) is 0 Å². The van der Waals surface area contributed by atoms with Crippen molar-refractivity contribution in [3.8, 4) is 0 Å². The van der Waals surface area contributed by atoms with Gasteiger partial charge in [0.15, 0.2) is 5.60 Å². The Hall–Kier alpha value is -4.39. The fourth-order valence-corrected chi connectivity index (χ4v) is 12.4. The first kappa shape index (κ1) is 41.8. The van der Waals surface area contributed by atoms with Crippen molar-refractivity contribution in [2.24, 2.45) is 5.92 Å². The average molecular weight is 811 g/mol. The van der Waals surface area contributed by atoms with Crippen molar-refractivity contribution in [1.29, 1.82) is 0 Å². The molecular weight excluding hydrogens is 752 g/mol. The van der Waals surface area contributed by atoms with Gasteiger partial charge in [-0.25, -0.2) is 0 Å². The van der Waals surface area contributed by atoms with Crippen molar-refractivity contribution in [1.82, 2.24) is 4.90 Å². The monoisotopic (exact) mass is 810 g/mol. The average Bonchev–Trinajstić information content (AvgIpc) is 3.60. The molecule has 4 atom stereocenters. The van der Waals surface area contributed by atoms with Gasteiger partial charge in [0.05, 0.1) is 31.4 Å². The molecule has 58 heavy (non-hydrogen) atoms. The van der Waals surface area contributed by atoms with Gasteiger partial charge in [-0.1, -0.05) is 75.1 Å². The fraction of sp³-hybridized carbons (Fsp3) is 0.522. The molecule has 4 aliphatic rings. The number of hydrogen-bond acceptors (Lipinski definition) is 6. The molecule has 4 amide bonds. The van der Waals surface area contributed by atoms with E-state index in [-0.39, 0.29) is 56.3 Å². The molecule has 12 heteroatoms. The van der Waals surface area contributed by atoms with E-state index in [0.29, 0.717) is 42.9 Å². The third-order valence-electron chi connectivity index (χ3n) is 12.8. The number of benzene rings is 3. The molecule has 10 nitrogen and oxygen atoms in total. The Kier molecular flexibility index (Phi) is 12.8. The highest BCUT2D eigenvalue weighted by Crippen LogP contribution is 2.61. The van der Waals surface area contributed by atoms with Crippen LogP contribution in [0.15, 0.2) is 72.8 Å². The van der Waals surface area contributed by atoms with Gasteiger partial charge in [0.25, 0.3) is 5.91 Å². The molecule has 310 valence electrons. The summed E-state index contributed by atoms with van der Waals surface area (Å²) in [6.07, 6.45) is 7.55. The summed E-state index contributed by atoms with van der Waals surface area (Å²) in [4.78, 5) is 63.2. The maximum atomic E-state index is 16.8. The van der Waals surface area contributed by atoms with Crippen molar-refractivity contribution in [2.45, 2.75) is 121 Å². The maximum Gasteiger partial charge on any atom is 0.264 e. The van der Waals surface area contributed by atoms with Crippen LogP contribution in [0.3, 0.4) is 0 Å². The minimum atomic E-state index is -3.61.